The highest BCUT2D eigenvalue weighted by Crippen LogP contribution is 2.07. The number of nitrogens with one attached hydrogen (secondary N) is 1. The highest BCUT2D eigenvalue weighted by atomic mass is 127. The molecule has 1 amide bonds. The number of oxime groups is 1. The Balaban J connectivity index is 2.47. The van der Waals surface area contributed by atoms with Crippen molar-refractivity contribution in [1.82, 2.24) is 5.32 Å². The third-order valence-electron chi connectivity index (χ3n) is 1.88. The number of hydrogen-bond acceptors (Lipinski definition) is 3. The van der Waals surface area contributed by atoms with Gasteiger partial charge in [0.25, 0.3) is 5.91 Å². The fourth-order valence-electron chi connectivity index (χ4n) is 1.09. The summed E-state index contributed by atoms with van der Waals surface area (Å²) in [6.07, 6.45) is 0.326. The average molecular weight is 333 g/mol. The van der Waals surface area contributed by atoms with Crippen molar-refractivity contribution in [2.24, 2.45) is 10.9 Å². The summed E-state index contributed by atoms with van der Waals surface area (Å²) in [5.74, 6) is -0.0628. The van der Waals surface area contributed by atoms with Gasteiger partial charge >= 0.3 is 0 Å². The van der Waals surface area contributed by atoms with Crippen LogP contribution in [0.1, 0.15) is 16.8 Å². The Kier molecular flexibility index (Phi) is 5.03. The number of amidine groups is 1. The maximum Gasteiger partial charge on any atom is 0.251 e. The minimum absolute atomic E-state index is 0.0999. The Morgan fingerprint density at radius 2 is 2.31 bits per heavy atom. The van der Waals surface area contributed by atoms with E-state index in [1.165, 1.54) is 0 Å². The van der Waals surface area contributed by atoms with Gasteiger partial charge in [-0.2, -0.15) is 0 Å². The van der Waals surface area contributed by atoms with Crippen LogP contribution in [0.5, 0.6) is 0 Å². The second-order valence-corrected chi connectivity index (χ2v) is 4.35. The molecule has 0 bridgehead atoms. The van der Waals surface area contributed by atoms with Crippen molar-refractivity contribution in [2.45, 2.75) is 6.42 Å². The Morgan fingerprint density at radius 1 is 1.56 bits per heavy atom. The third-order valence-corrected chi connectivity index (χ3v) is 2.55. The highest BCUT2D eigenvalue weighted by molar-refractivity contribution is 14.1. The maximum atomic E-state index is 11.6. The fraction of sp³-hybridized carbons (Fsp3) is 0.200. The van der Waals surface area contributed by atoms with Gasteiger partial charge in [0.2, 0.25) is 0 Å². The predicted octanol–water partition coefficient (Wildman–Crippen LogP) is 1.16. The van der Waals surface area contributed by atoms with Gasteiger partial charge in [0.15, 0.2) is 0 Å². The van der Waals surface area contributed by atoms with Crippen molar-refractivity contribution in [1.29, 1.82) is 0 Å². The summed E-state index contributed by atoms with van der Waals surface area (Å²) in [7, 11) is 0. The summed E-state index contributed by atoms with van der Waals surface area (Å²) < 4.78 is 1.00. The van der Waals surface area contributed by atoms with Crippen LogP contribution in [0.25, 0.3) is 0 Å². The van der Waals surface area contributed by atoms with Crippen LogP contribution in [0, 0.1) is 3.57 Å². The van der Waals surface area contributed by atoms with E-state index in [2.05, 4.69) is 33.1 Å². The van der Waals surface area contributed by atoms with Crippen LogP contribution in [-0.4, -0.2) is 23.5 Å². The van der Waals surface area contributed by atoms with Gasteiger partial charge < -0.3 is 16.3 Å². The number of nitrogens with zero attached hydrogens (tertiary/aromatic N) is 1. The van der Waals surface area contributed by atoms with Crippen LogP contribution in [0.2, 0.25) is 0 Å². The molecule has 0 aliphatic carbocycles. The molecule has 0 aromatic heterocycles. The van der Waals surface area contributed by atoms with Gasteiger partial charge in [-0.25, -0.2) is 0 Å². The molecule has 0 saturated carbocycles. The Morgan fingerprint density at radius 3 is 2.94 bits per heavy atom. The minimum Gasteiger partial charge on any atom is -0.409 e. The zero-order valence-corrected chi connectivity index (χ0v) is 10.6. The van der Waals surface area contributed by atoms with E-state index in [1.54, 1.807) is 12.1 Å². The molecule has 0 unspecified atom stereocenters. The van der Waals surface area contributed by atoms with Crippen molar-refractivity contribution >= 4 is 34.3 Å². The standard InChI is InChI=1S/C10H12IN3O2/c11-8-3-1-2-7(6-8)10(15)13-5-4-9(12)14-16/h1-3,6,16H,4-5H2,(H2,12,14)(H,13,15). The summed E-state index contributed by atoms with van der Waals surface area (Å²) in [5, 5.41) is 13.8. The van der Waals surface area contributed by atoms with E-state index < -0.39 is 0 Å². The topological polar surface area (TPSA) is 87.7 Å². The van der Waals surface area contributed by atoms with Gasteiger partial charge in [0.1, 0.15) is 5.84 Å². The average Bonchev–Trinajstić information content (AvgIpc) is 2.28. The van der Waals surface area contributed by atoms with Gasteiger partial charge in [-0.1, -0.05) is 11.2 Å². The van der Waals surface area contributed by atoms with E-state index in [9.17, 15) is 4.79 Å². The molecular weight excluding hydrogens is 321 g/mol. The first-order valence-electron chi connectivity index (χ1n) is 4.63. The van der Waals surface area contributed by atoms with E-state index in [1.807, 2.05) is 12.1 Å². The molecule has 1 aromatic rings. The molecule has 6 heteroatoms. The molecule has 0 fully saturated rings. The molecule has 1 rings (SSSR count). The van der Waals surface area contributed by atoms with Crippen LogP contribution in [0.3, 0.4) is 0 Å². The van der Waals surface area contributed by atoms with E-state index in [0.717, 1.165) is 3.57 Å². The van der Waals surface area contributed by atoms with Crippen molar-refractivity contribution in [3.63, 3.8) is 0 Å². The molecule has 16 heavy (non-hydrogen) atoms. The van der Waals surface area contributed by atoms with E-state index >= 15 is 0 Å². The first-order chi connectivity index (χ1) is 7.63. The maximum absolute atomic E-state index is 11.6. The molecular formula is C10H12IN3O2. The minimum atomic E-state index is -0.163. The molecule has 1 aromatic carbocycles. The van der Waals surface area contributed by atoms with Gasteiger partial charge in [-0.3, -0.25) is 4.79 Å². The number of hydrogen-bond donors (Lipinski definition) is 3. The molecule has 4 N–H and O–H groups in total. The smallest absolute Gasteiger partial charge is 0.251 e. The quantitative estimate of drug-likeness (QED) is 0.254. The number of benzene rings is 1. The van der Waals surface area contributed by atoms with Crippen LogP contribution in [0.4, 0.5) is 0 Å². The highest BCUT2D eigenvalue weighted by Gasteiger charge is 2.04. The fourth-order valence-corrected chi connectivity index (χ4v) is 1.63. The summed E-state index contributed by atoms with van der Waals surface area (Å²) in [5.41, 5.74) is 5.87. The molecule has 0 saturated heterocycles. The van der Waals surface area contributed by atoms with Crippen molar-refractivity contribution in [3.8, 4) is 0 Å². The zero-order chi connectivity index (χ0) is 12.0. The van der Waals surface area contributed by atoms with Gasteiger partial charge in [-0.15, -0.1) is 0 Å². The number of carbonyl (C=O) groups is 1. The molecule has 0 aliphatic rings. The number of nitrogens with two attached hydrogens (primary N) is 1. The Bertz CT molecular complexity index is 407. The van der Waals surface area contributed by atoms with Crippen LogP contribution < -0.4 is 11.1 Å². The summed E-state index contributed by atoms with van der Waals surface area (Å²) in [6, 6.07) is 7.26. The lowest BCUT2D eigenvalue weighted by atomic mass is 10.2. The normalized spacial score (nSPS) is 11.2. The first-order valence-corrected chi connectivity index (χ1v) is 5.71. The van der Waals surface area contributed by atoms with Crippen molar-refractivity contribution in [3.05, 3.63) is 33.4 Å². The lowest BCUT2D eigenvalue weighted by Gasteiger charge is -2.04. The summed E-state index contributed by atoms with van der Waals surface area (Å²) in [4.78, 5) is 11.6. The second kappa shape index (κ2) is 6.31. The molecule has 86 valence electrons. The van der Waals surface area contributed by atoms with Crippen LogP contribution >= 0.6 is 22.6 Å². The molecule has 0 atom stereocenters. The second-order valence-electron chi connectivity index (χ2n) is 3.11. The number of carbonyl (C=O) groups excluding carboxylic acids is 1. The molecule has 5 nitrogen and oxygen atoms in total. The van der Waals surface area contributed by atoms with Crippen molar-refractivity contribution < 1.29 is 10.0 Å². The molecule has 0 aliphatic heterocycles. The summed E-state index contributed by atoms with van der Waals surface area (Å²) >= 11 is 2.14. The number of halogens is 1. The monoisotopic (exact) mass is 333 g/mol. The van der Waals surface area contributed by atoms with Crippen LogP contribution in [-0.2, 0) is 0 Å². The SMILES string of the molecule is NC(CCNC(=O)c1cccc(I)c1)=NO. The van der Waals surface area contributed by atoms with E-state index in [-0.39, 0.29) is 11.7 Å². The Hall–Kier alpha value is -1.31. The van der Waals surface area contributed by atoms with Gasteiger partial charge in [-0.05, 0) is 40.8 Å². The Labute approximate surface area is 107 Å². The molecule has 0 spiro atoms. The lowest BCUT2D eigenvalue weighted by Crippen LogP contribution is -2.28. The van der Waals surface area contributed by atoms with Crippen LogP contribution in [0.15, 0.2) is 29.4 Å². The zero-order valence-electron chi connectivity index (χ0n) is 8.48. The largest absolute Gasteiger partial charge is 0.409 e. The van der Waals surface area contributed by atoms with E-state index in [0.29, 0.717) is 18.5 Å². The summed E-state index contributed by atoms with van der Waals surface area (Å²) in [6.45, 7) is 0.347. The molecule has 0 heterocycles. The van der Waals surface area contributed by atoms with Crippen molar-refractivity contribution in [2.75, 3.05) is 6.54 Å². The van der Waals surface area contributed by atoms with E-state index in [4.69, 9.17) is 10.9 Å². The predicted molar refractivity (Wildman–Crippen MR) is 69.5 cm³/mol. The third kappa shape index (κ3) is 4.05. The van der Waals surface area contributed by atoms with Gasteiger partial charge in [0, 0.05) is 22.1 Å². The number of amides is 1. The lowest BCUT2D eigenvalue weighted by molar-refractivity contribution is 0.0954. The first kappa shape index (κ1) is 12.8. The van der Waals surface area contributed by atoms with Gasteiger partial charge in [0.05, 0.1) is 0 Å². The molecule has 0 radical (unpaired) electrons. The number of rotatable bonds is 4.